The van der Waals surface area contributed by atoms with E-state index in [1.807, 2.05) is 0 Å². The quantitative estimate of drug-likeness (QED) is 0.444. The maximum absolute atomic E-state index is 13.0. The number of aryl methyl sites for hydroxylation is 2. The number of benzene rings is 1. The van der Waals surface area contributed by atoms with Crippen LogP contribution in [0.3, 0.4) is 0 Å². The van der Waals surface area contributed by atoms with Crippen molar-refractivity contribution in [2.75, 3.05) is 31.5 Å². The molecule has 3 heterocycles. The summed E-state index contributed by atoms with van der Waals surface area (Å²) in [7, 11) is 0. The van der Waals surface area contributed by atoms with Gasteiger partial charge in [-0.2, -0.15) is 0 Å². The van der Waals surface area contributed by atoms with Gasteiger partial charge < -0.3 is 20.6 Å². The largest absolute Gasteiger partial charge is 0.481 e. The van der Waals surface area contributed by atoms with Crippen molar-refractivity contribution in [1.29, 1.82) is 0 Å². The molecule has 1 saturated heterocycles. The molecule has 1 atom stereocenters. The number of rotatable bonds is 9. The van der Waals surface area contributed by atoms with E-state index in [1.54, 1.807) is 18.2 Å². The molecule has 4 rings (SSSR count). The van der Waals surface area contributed by atoms with E-state index < -0.39 is 12.0 Å². The summed E-state index contributed by atoms with van der Waals surface area (Å²) < 4.78 is 0. The molecule has 0 radical (unpaired) electrons. The van der Waals surface area contributed by atoms with Gasteiger partial charge in [-0.3, -0.25) is 9.59 Å². The minimum absolute atomic E-state index is 0.113. The van der Waals surface area contributed by atoms with Crippen LogP contribution in [-0.4, -0.2) is 53.0 Å². The Morgan fingerprint density at radius 1 is 1.17 bits per heavy atom. The third kappa shape index (κ3) is 7.32. The first-order valence-electron chi connectivity index (χ1n) is 12.3. The van der Waals surface area contributed by atoms with E-state index >= 15 is 0 Å². The lowest BCUT2D eigenvalue weighted by Gasteiger charge is -2.32. The second-order valence-corrected chi connectivity index (χ2v) is 10.3. The number of carboxylic acid groups (broad SMARTS) is 1. The summed E-state index contributed by atoms with van der Waals surface area (Å²) in [4.78, 5) is 31.5. The molecule has 1 amide bonds. The zero-order valence-electron chi connectivity index (χ0n) is 19.7. The normalized spacial score (nSPS) is 17.3. The van der Waals surface area contributed by atoms with Crippen molar-refractivity contribution in [3.63, 3.8) is 0 Å². The van der Waals surface area contributed by atoms with Crippen molar-refractivity contribution in [2.24, 2.45) is 5.92 Å². The Morgan fingerprint density at radius 2 is 1.91 bits per heavy atom. The molecule has 2 aromatic rings. The number of hydrogen-bond acceptors (Lipinski definition) is 5. The van der Waals surface area contributed by atoms with Crippen molar-refractivity contribution in [1.82, 2.24) is 15.2 Å². The average Bonchev–Trinajstić information content (AvgIpc) is 2.83. The highest BCUT2D eigenvalue weighted by molar-refractivity contribution is 6.34. The van der Waals surface area contributed by atoms with Gasteiger partial charge in [0.1, 0.15) is 5.82 Å². The maximum atomic E-state index is 13.0. The molecule has 2 aliphatic heterocycles. The molecule has 0 spiro atoms. The number of likely N-dealkylation sites (tertiary alicyclic amines) is 1. The Labute approximate surface area is 216 Å². The SMILES string of the molecule is O=C(O)C[C@H](NC(=O)C1CCN(CCCc2ccc3c(n2)NCCC3)CC1)c1cc(Cl)cc(Cl)c1. The number of carboxylic acids is 1. The fraction of sp³-hybridized carbons (Fsp3) is 0.500. The van der Waals surface area contributed by atoms with Crippen LogP contribution in [0.4, 0.5) is 5.82 Å². The first-order valence-corrected chi connectivity index (χ1v) is 13.1. The maximum Gasteiger partial charge on any atom is 0.305 e. The van der Waals surface area contributed by atoms with Gasteiger partial charge in [0.2, 0.25) is 5.91 Å². The molecule has 2 aliphatic rings. The molecule has 9 heteroatoms. The van der Waals surface area contributed by atoms with Crippen LogP contribution in [0.2, 0.25) is 10.0 Å². The number of carbonyl (C=O) groups is 2. The Bertz CT molecular complexity index is 1040. The molecule has 0 saturated carbocycles. The fourth-order valence-corrected chi connectivity index (χ4v) is 5.45. The first kappa shape index (κ1) is 25.7. The van der Waals surface area contributed by atoms with Gasteiger partial charge in [-0.05, 0) is 93.6 Å². The smallest absolute Gasteiger partial charge is 0.305 e. The minimum atomic E-state index is -0.995. The molecule has 1 aromatic heterocycles. The Balaban J connectivity index is 1.24. The third-order valence-corrected chi connectivity index (χ3v) is 7.24. The van der Waals surface area contributed by atoms with Gasteiger partial charge in [-0.25, -0.2) is 4.98 Å². The average molecular weight is 519 g/mol. The predicted molar refractivity (Wildman–Crippen MR) is 138 cm³/mol. The molecule has 0 aliphatic carbocycles. The van der Waals surface area contributed by atoms with Crippen LogP contribution in [0.5, 0.6) is 0 Å². The van der Waals surface area contributed by atoms with Crippen LogP contribution < -0.4 is 10.6 Å². The summed E-state index contributed by atoms with van der Waals surface area (Å²) in [6.07, 6.45) is 5.51. The first-order chi connectivity index (χ1) is 16.9. The zero-order valence-corrected chi connectivity index (χ0v) is 21.2. The number of aromatic nitrogens is 1. The van der Waals surface area contributed by atoms with Gasteiger partial charge >= 0.3 is 5.97 Å². The van der Waals surface area contributed by atoms with Crippen molar-refractivity contribution in [3.05, 3.63) is 57.2 Å². The Hall–Kier alpha value is -2.35. The van der Waals surface area contributed by atoms with Crippen molar-refractivity contribution in [2.45, 2.75) is 51.0 Å². The van der Waals surface area contributed by atoms with E-state index in [0.717, 1.165) is 76.2 Å². The molecule has 0 unspecified atom stereocenters. The number of carbonyl (C=O) groups excluding carboxylic acids is 1. The van der Waals surface area contributed by atoms with Crippen molar-refractivity contribution >= 4 is 40.9 Å². The number of anilines is 1. The minimum Gasteiger partial charge on any atom is -0.481 e. The lowest BCUT2D eigenvalue weighted by molar-refractivity contribution is -0.138. The molecule has 188 valence electrons. The standard InChI is InChI=1S/C26H32Cl2N4O3/c27-20-13-19(14-21(28)15-20)23(16-24(33)34)31-26(35)18-7-11-32(12-8-18)10-2-4-22-6-5-17-3-1-9-29-25(17)30-22/h5-6,13-15,18,23H,1-4,7-12,16H2,(H,29,30)(H,31,35)(H,33,34)/t23-/m0/s1. The van der Waals surface area contributed by atoms with Crippen molar-refractivity contribution < 1.29 is 14.7 Å². The van der Waals surface area contributed by atoms with Crippen LogP contribution in [-0.2, 0) is 22.4 Å². The summed E-state index contributed by atoms with van der Waals surface area (Å²) in [6, 6.07) is 8.55. The highest BCUT2D eigenvalue weighted by Crippen LogP contribution is 2.27. The summed E-state index contributed by atoms with van der Waals surface area (Å²) in [5.41, 5.74) is 3.03. The second-order valence-electron chi connectivity index (χ2n) is 9.42. The molecule has 1 fully saturated rings. The van der Waals surface area contributed by atoms with Gasteiger partial charge in [0, 0.05) is 28.2 Å². The molecule has 35 heavy (non-hydrogen) atoms. The van der Waals surface area contributed by atoms with Crippen LogP contribution >= 0.6 is 23.2 Å². The third-order valence-electron chi connectivity index (χ3n) is 6.80. The highest BCUT2D eigenvalue weighted by atomic mass is 35.5. The second kappa shape index (κ2) is 12.1. The molecular weight excluding hydrogens is 487 g/mol. The summed E-state index contributed by atoms with van der Waals surface area (Å²) in [5, 5.41) is 16.5. The van der Waals surface area contributed by atoms with E-state index in [4.69, 9.17) is 28.2 Å². The number of piperidine rings is 1. The van der Waals surface area contributed by atoms with Crippen LogP contribution in [0.25, 0.3) is 0 Å². The monoisotopic (exact) mass is 518 g/mol. The number of nitrogens with zero attached hydrogens (tertiary/aromatic N) is 2. The number of aliphatic carboxylic acids is 1. The number of pyridine rings is 1. The van der Waals surface area contributed by atoms with E-state index in [1.165, 1.54) is 5.56 Å². The molecular formula is C26H32Cl2N4O3. The van der Waals surface area contributed by atoms with E-state index in [9.17, 15) is 14.7 Å². The number of hydrogen-bond donors (Lipinski definition) is 3. The predicted octanol–water partition coefficient (Wildman–Crippen LogP) is 4.72. The van der Waals surface area contributed by atoms with Crippen LogP contribution in [0.1, 0.15) is 55.0 Å². The van der Waals surface area contributed by atoms with E-state index in [2.05, 4.69) is 27.7 Å². The lowest BCUT2D eigenvalue weighted by atomic mass is 9.94. The summed E-state index contributed by atoms with van der Waals surface area (Å²) >= 11 is 12.2. The van der Waals surface area contributed by atoms with Gasteiger partial charge in [-0.1, -0.05) is 29.3 Å². The molecule has 1 aromatic carbocycles. The van der Waals surface area contributed by atoms with E-state index in [-0.39, 0.29) is 18.2 Å². The molecule has 3 N–H and O–H groups in total. The number of nitrogens with one attached hydrogen (secondary N) is 2. The number of halogens is 2. The zero-order chi connectivity index (χ0) is 24.8. The molecule has 0 bridgehead atoms. The summed E-state index contributed by atoms with van der Waals surface area (Å²) in [6.45, 7) is 3.67. The van der Waals surface area contributed by atoms with E-state index in [0.29, 0.717) is 15.6 Å². The topological polar surface area (TPSA) is 94.6 Å². The van der Waals surface area contributed by atoms with Gasteiger partial charge in [-0.15, -0.1) is 0 Å². The number of fused-ring (bicyclic) bond motifs is 1. The lowest BCUT2D eigenvalue weighted by Crippen LogP contribution is -2.42. The van der Waals surface area contributed by atoms with Gasteiger partial charge in [0.25, 0.3) is 0 Å². The Morgan fingerprint density at radius 3 is 2.63 bits per heavy atom. The molecule has 7 nitrogen and oxygen atoms in total. The highest BCUT2D eigenvalue weighted by Gasteiger charge is 2.28. The fourth-order valence-electron chi connectivity index (χ4n) is 4.90. The summed E-state index contributed by atoms with van der Waals surface area (Å²) in [5.74, 6) is -0.199. The van der Waals surface area contributed by atoms with Gasteiger partial charge in [0.15, 0.2) is 0 Å². The number of amides is 1. The van der Waals surface area contributed by atoms with Gasteiger partial charge in [0.05, 0.1) is 12.5 Å². The Kier molecular flexibility index (Phi) is 8.87. The van der Waals surface area contributed by atoms with Crippen LogP contribution in [0.15, 0.2) is 30.3 Å². The van der Waals surface area contributed by atoms with Crippen molar-refractivity contribution in [3.8, 4) is 0 Å². The van der Waals surface area contributed by atoms with Crippen LogP contribution in [0, 0.1) is 5.92 Å².